The van der Waals surface area contributed by atoms with E-state index in [0.717, 1.165) is 0 Å². The maximum atomic E-state index is 9.95. The molecule has 78 valence electrons. The summed E-state index contributed by atoms with van der Waals surface area (Å²) in [6.07, 6.45) is 0. The van der Waals surface area contributed by atoms with E-state index in [1.54, 1.807) is 0 Å². The van der Waals surface area contributed by atoms with Crippen molar-refractivity contribution in [2.24, 2.45) is 10.8 Å². The van der Waals surface area contributed by atoms with Gasteiger partial charge in [-0.15, -0.1) is 13.2 Å². The normalized spacial score (nSPS) is 11.1. The van der Waals surface area contributed by atoms with Gasteiger partial charge in [0.2, 0.25) is 0 Å². The average molecular weight is 293 g/mol. The van der Waals surface area contributed by atoms with E-state index in [2.05, 4.69) is 0 Å². The van der Waals surface area contributed by atoms with E-state index in [1.165, 1.54) is 0 Å². The van der Waals surface area contributed by atoms with E-state index >= 15 is 0 Å². The van der Waals surface area contributed by atoms with Crippen LogP contribution in [0.1, 0.15) is 41.5 Å². The zero-order valence-electron chi connectivity index (χ0n) is 9.73. The van der Waals surface area contributed by atoms with Crippen molar-refractivity contribution < 1.29 is 10.2 Å². The molecule has 0 aliphatic heterocycles. The molecule has 0 spiro atoms. The van der Waals surface area contributed by atoms with Crippen LogP contribution >= 0.6 is 0 Å². The van der Waals surface area contributed by atoms with Crippen LogP contribution in [0.15, 0.2) is 0 Å². The Labute approximate surface area is 99.7 Å². The molecule has 0 rings (SSSR count). The van der Waals surface area contributed by atoms with Gasteiger partial charge in [-0.1, -0.05) is 52.4 Å². The van der Waals surface area contributed by atoms with Gasteiger partial charge in [0, 0.05) is 0 Å². The van der Waals surface area contributed by atoms with Gasteiger partial charge in [0.05, 0.1) is 0 Å². The molecule has 0 bridgehead atoms. The van der Waals surface area contributed by atoms with Crippen LogP contribution in [0, 0.1) is 10.8 Å². The van der Waals surface area contributed by atoms with Crippen LogP contribution in [0.25, 0.3) is 0 Å². The van der Waals surface area contributed by atoms with Crippen molar-refractivity contribution in [2.45, 2.75) is 41.5 Å². The Morgan fingerprint density at radius 2 is 0.769 bits per heavy atom. The Kier molecular flexibility index (Phi) is 12.0. The van der Waals surface area contributed by atoms with Crippen molar-refractivity contribution >= 4 is 23.9 Å². The summed E-state index contributed by atoms with van der Waals surface area (Å²) in [5.41, 5.74) is -0.0278. The molecule has 0 atom stereocenters. The van der Waals surface area contributed by atoms with Crippen LogP contribution < -0.4 is 10.2 Å². The molecule has 0 aromatic heterocycles. The molecule has 13 heavy (non-hydrogen) atoms. The van der Waals surface area contributed by atoms with Crippen molar-refractivity contribution in [2.75, 3.05) is 13.2 Å². The second kappa shape index (κ2) is 8.06. The van der Waals surface area contributed by atoms with Crippen LogP contribution in [0.2, 0.25) is 0 Å². The van der Waals surface area contributed by atoms with E-state index in [1.807, 2.05) is 41.5 Å². The molecule has 0 aliphatic rings. The summed E-state index contributed by atoms with van der Waals surface area (Å²) in [6, 6.07) is 0. The Balaban J connectivity index is -0.000000143. The molecule has 0 aromatic carbocycles. The number of hydrogen-bond donors (Lipinski definition) is 0. The van der Waals surface area contributed by atoms with Crippen molar-refractivity contribution in [1.82, 2.24) is 0 Å². The van der Waals surface area contributed by atoms with E-state index in [4.69, 9.17) is 0 Å². The molecule has 3 heteroatoms. The first kappa shape index (κ1) is 19.3. The summed E-state index contributed by atoms with van der Waals surface area (Å²) in [4.78, 5) is 0. The number of hydrogen-bond acceptors (Lipinski definition) is 2. The maximum Gasteiger partial charge on any atom is 2.00 e. The zero-order valence-corrected chi connectivity index (χ0v) is 12.6. The second-order valence-corrected chi connectivity index (χ2v) is 5.41. The van der Waals surface area contributed by atoms with Gasteiger partial charge in [-0.05, 0) is 0 Å². The molecule has 2 nitrogen and oxygen atoms in total. The first-order valence-electron chi connectivity index (χ1n) is 4.28. The van der Waals surface area contributed by atoms with E-state index in [0.29, 0.717) is 0 Å². The smallest absolute Gasteiger partial charge is 0.854 e. The Morgan fingerprint density at radius 3 is 0.769 bits per heavy atom. The van der Waals surface area contributed by atoms with Gasteiger partial charge in [-0.3, -0.25) is 0 Å². The molecule has 0 N–H and O–H groups in total. The van der Waals surface area contributed by atoms with E-state index < -0.39 is 0 Å². The average Bonchev–Trinajstić information content (AvgIpc) is 1.86. The van der Waals surface area contributed by atoms with E-state index in [-0.39, 0.29) is 48.0 Å². The summed E-state index contributed by atoms with van der Waals surface area (Å²) in [5, 5.41) is 19.9. The van der Waals surface area contributed by atoms with Crippen LogP contribution in [0.5, 0.6) is 0 Å². The van der Waals surface area contributed by atoms with Crippen molar-refractivity contribution in [3.8, 4) is 0 Å². The standard InChI is InChI=1S/2C5H11O.Sn/c2*1-5(2,3)4-6;/h2*4H2,1-3H3;/q2*-1;+2. The van der Waals surface area contributed by atoms with Crippen molar-refractivity contribution in [1.29, 1.82) is 0 Å². The van der Waals surface area contributed by atoms with Gasteiger partial charge in [0.1, 0.15) is 0 Å². The molecule has 2 radical (unpaired) electrons. The molecule has 0 aromatic rings. The fourth-order valence-corrected chi connectivity index (χ4v) is 0. The minimum atomic E-state index is -0.0139. The molecule has 0 fully saturated rings. The summed E-state index contributed by atoms with van der Waals surface area (Å²) < 4.78 is 0. The predicted octanol–water partition coefficient (Wildman–Crippen LogP) is 0.405. The first-order chi connectivity index (χ1) is 5.12. The SMILES string of the molecule is CC(C)(C)C[O-].CC(C)(C)C[O-].[Sn+2]. The molecular formula is C10H22O2Sn. The third-order valence-electron chi connectivity index (χ3n) is 0.866. The number of rotatable bonds is 0. The molecule has 0 unspecified atom stereocenters. The fourth-order valence-electron chi connectivity index (χ4n) is 0. The maximum absolute atomic E-state index is 9.95. The van der Waals surface area contributed by atoms with Crippen molar-refractivity contribution in [3.05, 3.63) is 0 Å². The van der Waals surface area contributed by atoms with Crippen LogP contribution in [-0.4, -0.2) is 37.1 Å². The van der Waals surface area contributed by atoms with Gasteiger partial charge < -0.3 is 10.2 Å². The molecule has 0 aliphatic carbocycles. The Hall–Kier alpha value is 0.719. The van der Waals surface area contributed by atoms with Gasteiger partial charge in [-0.2, -0.15) is 0 Å². The van der Waals surface area contributed by atoms with Crippen molar-refractivity contribution in [3.63, 3.8) is 0 Å². The quantitative estimate of drug-likeness (QED) is 0.607. The monoisotopic (exact) mass is 294 g/mol. The first-order valence-corrected chi connectivity index (χ1v) is 4.28. The zero-order chi connectivity index (χ0) is 10.4. The third kappa shape index (κ3) is 32.4. The van der Waals surface area contributed by atoms with E-state index in [9.17, 15) is 10.2 Å². The molecule has 0 amide bonds. The van der Waals surface area contributed by atoms with Gasteiger partial charge in [0.25, 0.3) is 0 Å². The van der Waals surface area contributed by atoms with Gasteiger partial charge >= 0.3 is 23.9 Å². The molecule has 0 saturated carbocycles. The Bertz CT molecular complexity index is 86.5. The largest absolute Gasteiger partial charge is 2.00 e. The molecule has 0 heterocycles. The molecular weight excluding hydrogens is 271 g/mol. The predicted molar refractivity (Wildman–Crippen MR) is 54.4 cm³/mol. The minimum absolute atomic E-state index is 0. The summed E-state index contributed by atoms with van der Waals surface area (Å²) >= 11 is 0. The van der Waals surface area contributed by atoms with Crippen LogP contribution in [0.3, 0.4) is 0 Å². The Morgan fingerprint density at radius 1 is 0.692 bits per heavy atom. The van der Waals surface area contributed by atoms with Gasteiger partial charge in [0.15, 0.2) is 0 Å². The second-order valence-electron chi connectivity index (χ2n) is 5.41. The van der Waals surface area contributed by atoms with Crippen LogP contribution in [0.4, 0.5) is 0 Å². The topological polar surface area (TPSA) is 46.1 Å². The summed E-state index contributed by atoms with van der Waals surface area (Å²) in [5.74, 6) is 0. The minimum Gasteiger partial charge on any atom is -0.854 e. The summed E-state index contributed by atoms with van der Waals surface area (Å²) in [7, 11) is 0. The van der Waals surface area contributed by atoms with Gasteiger partial charge in [-0.25, -0.2) is 0 Å². The third-order valence-corrected chi connectivity index (χ3v) is 0.866. The summed E-state index contributed by atoms with van der Waals surface area (Å²) in [6.45, 7) is 11.6. The molecule has 0 saturated heterocycles. The van der Waals surface area contributed by atoms with Crippen LogP contribution in [-0.2, 0) is 0 Å². The fraction of sp³-hybridized carbons (Fsp3) is 1.00.